The largest absolute Gasteiger partial charge is 0.356 e. The second-order valence-corrected chi connectivity index (χ2v) is 4.42. The van der Waals surface area contributed by atoms with E-state index in [1.165, 1.54) is 0 Å². The van der Waals surface area contributed by atoms with E-state index in [2.05, 4.69) is 12.1 Å². The molecule has 1 aromatic heterocycles. The molecule has 0 saturated heterocycles. The van der Waals surface area contributed by atoms with Crippen molar-refractivity contribution in [1.29, 1.82) is 0 Å². The molecular formula is C15H17NO2. The molecule has 2 rings (SSSR count). The molecule has 0 spiro atoms. The Labute approximate surface area is 107 Å². The van der Waals surface area contributed by atoms with Crippen molar-refractivity contribution in [3.05, 3.63) is 41.6 Å². The summed E-state index contributed by atoms with van der Waals surface area (Å²) in [6.45, 7) is 3.72. The minimum Gasteiger partial charge on any atom is -0.356 e. The van der Waals surface area contributed by atoms with Crippen LogP contribution in [0.4, 0.5) is 0 Å². The number of Topliss-reactive ketones (excluding diaryl/α,β-unsaturated/α-hetero) is 1. The molecule has 18 heavy (non-hydrogen) atoms. The average Bonchev–Trinajstić information content (AvgIpc) is 2.85. The summed E-state index contributed by atoms with van der Waals surface area (Å²) in [6.07, 6.45) is 3.22. The lowest BCUT2D eigenvalue weighted by Gasteiger charge is -1.97. The zero-order valence-corrected chi connectivity index (χ0v) is 10.8. The fraction of sp³-hybridized carbons (Fsp3) is 0.333. The van der Waals surface area contributed by atoms with Gasteiger partial charge in [0.15, 0.2) is 11.5 Å². The van der Waals surface area contributed by atoms with Crippen LogP contribution in [0.2, 0.25) is 0 Å². The topological polar surface area (TPSA) is 43.1 Å². The molecule has 94 valence electrons. The molecule has 0 amide bonds. The van der Waals surface area contributed by atoms with Crippen molar-refractivity contribution in [2.75, 3.05) is 0 Å². The lowest BCUT2D eigenvalue weighted by atomic mass is 10.1. The molecule has 0 bridgehead atoms. The van der Waals surface area contributed by atoms with Crippen molar-refractivity contribution < 1.29 is 9.32 Å². The number of rotatable bonds is 5. The maximum atomic E-state index is 11.2. The predicted molar refractivity (Wildman–Crippen MR) is 70.6 cm³/mol. The fourth-order valence-corrected chi connectivity index (χ4v) is 1.79. The van der Waals surface area contributed by atoms with Crippen molar-refractivity contribution >= 4 is 5.78 Å². The van der Waals surface area contributed by atoms with E-state index >= 15 is 0 Å². The Kier molecular flexibility index (Phi) is 3.92. The average molecular weight is 243 g/mol. The van der Waals surface area contributed by atoms with E-state index in [0.29, 0.717) is 5.56 Å². The Hall–Kier alpha value is -1.90. The number of aromatic nitrogens is 1. The van der Waals surface area contributed by atoms with Crippen LogP contribution >= 0.6 is 0 Å². The number of unbranched alkanes of at least 4 members (excludes halogenated alkanes) is 1. The van der Waals surface area contributed by atoms with Crippen LogP contribution in [0.5, 0.6) is 0 Å². The molecule has 0 fully saturated rings. The van der Waals surface area contributed by atoms with Crippen LogP contribution in [0.25, 0.3) is 11.3 Å². The number of hydrogen-bond acceptors (Lipinski definition) is 3. The summed E-state index contributed by atoms with van der Waals surface area (Å²) in [4.78, 5) is 11.2. The highest BCUT2D eigenvalue weighted by atomic mass is 16.5. The summed E-state index contributed by atoms with van der Waals surface area (Å²) in [6, 6.07) is 9.37. The Balaban J connectivity index is 2.15. The molecule has 0 N–H and O–H groups in total. The van der Waals surface area contributed by atoms with E-state index in [9.17, 15) is 4.79 Å². The van der Waals surface area contributed by atoms with Crippen molar-refractivity contribution in [2.24, 2.45) is 0 Å². The summed E-state index contributed by atoms with van der Waals surface area (Å²) in [5, 5.41) is 4.05. The molecule has 3 heteroatoms. The third-order valence-corrected chi connectivity index (χ3v) is 2.92. The first-order chi connectivity index (χ1) is 8.70. The molecule has 0 saturated carbocycles. The van der Waals surface area contributed by atoms with E-state index in [0.717, 1.165) is 36.3 Å². The lowest BCUT2D eigenvalue weighted by Crippen LogP contribution is -1.90. The van der Waals surface area contributed by atoms with Gasteiger partial charge >= 0.3 is 0 Å². The second-order valence-electron chi connectivity index (χ2n) is 4.42. The van der Waals surface area contributed by atoms with Gasteiger partial charge in [0.2, 0.25) is 0 Å². The number of benzene rings is 1. The number of nitrogens with zero attached hydrogens (tertiary/aromatic N) is 1. The van der Waals surface area contributed by atoms with Crippen molar-refractivity contribution in [3.63, 3.8) is 0 Å². The minimum atomic E-state index is 0.0720. The van der Waals surface area contributed by atoms with Crippen LogP contribution in [0.1, 0.15) is 42.7 Å². The van der Waals surface area contributed by atoms with Crippen LogP contribution in [0.3, 0.4) is 0 Å². The van der Waals surface area contributed by atoms with E-state index in [1.807, 2.05) is 30.3 Å². The first kappa shape index (κ1) is 12.6. The highest BCUT2D eigenvalue weighted by Gasteiger charge is 2.07. The van der Waals surface area contributed by atoms with Gasteiger partial charge in [-0.1, -0.05) is 42.8 Å². The summed E-state index contributed by atoms with van der Waals surface area (Å²) in [7, 11) is 0. The van der Waals surface area contributed by atoms with Gasteiger partial charge in [0.1, 0.15) is 0 Å². The maximum Gasteiger partial charge on any atom is 0.167 e. The highest BCUT2D eigenvalue weighted by molar-refractivity contribution is 5.94. The van der Waals surface area contributed by atoms with E-state index in [-0.39, 0.29) is 5.78 Å². The lowest BCUT2D eigenvalue weighted by molar-refractivity contribution is 0.101. The minimum absolute atomic E-state index is 0.0720. The molecule has 1 aromatic carbocycles. The van der Waals surface area contributed by atoms with Crippen LogP contribution in [-0.4, -0.2) is 10.9 Å². The Morgan fingerprint density at radius 1 is 1.28 bits per heavy atom. The molecule has 0 aliphatic carbocycles. The number of carbonyl (C=O) groups is 1. The maximum absolute atomic E-state index is 11.2. The third kappa shape index (κ3) is 2.86. The normalized spacial score (nSPS) is 10.6. The van der Waals surface area contributed by atoms with E-state index in [1.54, 1.807) is 6.92 Å². The zero-order valence-electron chi connectivity index (χ0n) is 10.8. The van der Waals surface area contributed by atoms with Crippen LogP contribution < -0.4 is 0 Å². The van der Waals surface area contributed by atoms with Gasteiger partial charge in [-0.2, -0.15) is 0 Å². The highest BCUT2D eigenvalue weighted by Crippen LogP contribution is 2.21. The number of carbonyl (C=O) groups excluding carboxylic acids is 1. The molecular weight excluding hydrogens is 226 g/mol. The Morgan fingerprint density at radius 3 is 2.61 bits per heavy atom. The van der Waals surface area contributed by atoms with Crippen LogP contribution in [0, 0.1) is 0 Å². The summed E-state index contributed by atoms with van der Waals surface area (Å²) in [5.74, 6) is 0.832. The third-order valence-electron chi connectivity index (χ3n) is 2.92. The van der Waals surface area contributed by atoms with Gasteiger partial charge in [-0.05, 0) is 19.8 Å². The van der Waals surface area contributed by atoms with Gasteiger partial charge < -0.3 is 4.52 Å². The van der Waals surface area contributed by atoms with Gasteiger partial charge in [0.05, 0.1) is 5.69 Å². The molecule has 0 unspecified atom stereocenters. The summed E-state index contributed by atoms with van der Waals surface area (Å²) < 4.78 is 5.31. The molecule has 1 heterocycles. The van der Waals surface area contributed by atoms with Crippen molar-refractivity contribution in [2.45, 2.75) is 33.1 Å². The molecule has 3 nitrogen and oxygen atoms in total. The molecule has 0 aliphatic heterocycles. The quantitative estimate of drug-likeness (QED) is 0.748. The monoisotopic (exact) mass is 243 g/mol. The summed E-state index contributed by atoms with van der Waals surface area (Å²) in [5.41, 5.74) is 2.65. The van der Waals surface area contributed by atoms with Crippen LogP contribution in [0.15, 0.2) is 34.9 Å². The van der Waals surface area contributed by atoms with Gasteiger partial charge in [-0.15, -0.1) is 0 Å². The number of hydrogen-bond donors (Lipinski definition) is 0. The van der Waals surface area contributed by atoms with Gasteiger partial charge in [0.25, 0.3) is 0 Å². The van der Waals surface area contributed by atoms with Gasteiger partial charge in [0, 0.05) is 17.2 Å². The number of aryl methyl sites for hydroxylation is 1. The summed E-state index contributed by atoms with van der Waals surface area (Å²) >= 11 is 0. The van der Waals surface area contributed by atoms with Crippen molar-refractivity contribution in [3.8, 4) is 11.3 Å². The predicted octanol–water partition coefficient (Wildman–Crippen LogP) is 3.89. The number of ketones is 1. The standard InChI is InChI=1S/C15H17NO2/c1-3-4-5-14-10-15(18-16-14)13-8-6-12(7-9-13)11(2)17/h6-10H,3-5H2,1-2H3. The van der Waals surface area contributed by atoms with E-state index < -0.39 is 0 Å². The first-order valence-electron chi connectivity index (χ1n) is 6.27. The van der Waals surface area contributed by atoms with Gasteiger partial charge in [-0.25, -0.2) is 0 Å². The Bertz CT molecular complexity index is 526. The fourth-order valence-electron chi connectivity index (χ4n) is 1.79. The molecule has 0 radical (unpaired) electrons. The second kappa shape index (κ2) is 5.63. The molecule has 0 atom stereocenters. The first-order valence-corrected chi connectivity index (χ1v) is 6.27. The zero-order chi connectivity index (χ0) is 13.0. The SMILES string of the molecule is CCCCc1cc(-c2ccc(C(C)=O)cc2)on1. The van der Waals surface area contributed by atoms with Gasteiger partial charge in [-0.3, -0.25) is 4.79 Å². The Morgan fingerprint density at radius 2 is 2.00 bits per heavy atom. The molecule has 2 aromatic rings. The van der Waals surface area contributed by atoms with Crippen LogP contribution in [-0.2, 0) is 6.42 Å². The van der Waals surface area contributed by atoms with E-state index in [4.69, 9.17) is 4.52 Å². The smallest absolute Gasteiger partial charge is 0.167 e. The van der Waals surface area contributed by atoms with Crippen molar-refractivity contribution in [1.82, 2.24) is 5.16 Å². The molecule has 0 aliphatic rings.